The highest BCUT2D eigenvalue weighted by molar-refractivity contribution is 9.11. The van der Waals surface area contributed by atoms with Gasteiger partial charge in [-0.3, -0.25) is 9.48 Å². The van der Waals surface area contributed by atoms with Crippen LogP contribution in [0.2, 0.25) is 10.0 Å². The molecule has 0 aliphatic heterocycles. The van der Waals surface area contributed by atoms with Crippen LogP contribution in [-0.2, 0) is 12.7 Å². The zero-order valence-corrected chi connectivity index (χ0v) is 21.1. The van der Waals surface area contributed by atoms with Crippen molar-refractivity contribution in [3.05, 3.63) is 72.1 Å². The summed E-state index contributed by atoms with van der Waals surface area (Å²) in [5.74, 6) is -0.608. The van der Waals surface area contributed by atoms with E-state index in [1.165, 1.54) is 6.92 Å². The summed E-state index contributed by atoms with van der Waals surface area (Å²) in [4.78, 5) is 16.9. The first-order valence-electron chi connectivity index (χ1n) is 9.05. The van der Waals surface area contributed by atoms with Crippen LogP contribution in [0.4, 0.5) is 19.0 Å². The lowest BCUT2D eigenvalue weighted by molar-refractivity contribution is -0.142. The Morgan fingerprint density at radius 1 is 1.15 bits per heavy atom. The lowest BCUT2D eigenvalue weighted by atomic mass is 10.2. The molecule has 4 aromatic rings. The fourth-order valence-corrected chi connectivity index (χ4v) is 4.27. The Labute approximate surface area is 211 Å². The summed E-state index contributed by atoms with van der Waals surface area (Å²) in [7, 11) is 0. The molecule has 0 unspecified atom stereocenters. The number of amides is 1. The van der Waals surface area contributed by atoms with E-state index in [0.29, 0.717) is 25.6 Å². The second-order valence-electron chi connectivity index (χ2n) is 6.90. The molecule has 3 heterocycles. The maximum atomic E-state index is 13.4. The maximum Gasteiger partial charge on any atom is 0.433 e. The molecule has 4 rings (SSSR count). The highest BCUT2D eigenvalue weighted by Gasteiger charge is 2.36. The normalized spacial score (nSPS) is 11.9. The standard InChI is InChI=1S/C19H11Br2Cl2F3N6O/c1-8-4-13(19(24,25)26)32-17(27-8)14(21)15(29-32)18(33)28-16-10(20)7-31(30-16)6-9-2-3-11(22)12(23)5-9/h2-5,7H,6H2,1H3,(H,28,30,33). The Kier molecular flexibility index (Phi) is 6.47. The summed E-state index contributed by atoms with van der Waals surface area (Å²) < 4.78 is 42.9. The Balaban J connectivity index is 1.62. The van der Waals surface area contributed by atoms with Crippen molar-refractivity contribution in [3.8, 4) is 0 Å². The van der Waals surface area contributed by atoms with Gasteiger partial charge in [-0.2, -0.15) is 23.4 Å². The van der Waals surface area contributed by atoms with Crippen LogP contribution < -0.4 is 5.32 Å². The smallest absolute Gasteiger partial charge is 0.303 e. The van der Waals surface area contributed by atoms with Crippen molar-refractivity contribution in [2.24, 2.45) is 0 Å². The summed E-state index contributed by atoms with van der Waals surface area (Å²) in [5.41, 5.74) is -0.495. The first-order chi connectivity index (χ1) is 15.4. The zero-order valence-electron chi connectivity index (χ0n) is 16.4. The van der Waals surface area contributed by atoms with E-state index in [4.69, 9.17) is 23.2 Å². The molecule has 0 saturated heterocycles. The molecule has 1 aromatic carbocycles. The number of nitrogens with zero attached hydrogens (tertiary/aromatic N) is 5. The fraction of sp³-hybridized carbons (Fsp3) is 0.158. The molecule has 0 aliphatic rings. The average molecular weight is 627 g/mol. The number of fused-ring (bicyclic) bond motifs is 1. The second kappa shape index (κ2) is 8.90. The van der Waals surface area contributed by atoms with Crippen LogP contribution in [-0.4, -0.2) is 30.3 Å². The summed E-state index contributed by atoms with van der Waals surface area (Å²) in [6.45, 7) is 1.76. The van der Waals surface area contributed by atoms with Crippen molar-refractivity contribution in [2.45, 2.75) is 19.6 Å². The molecule has 0 radical (unpaired) electrons. The number of carbonyl (C=O) groups excluding carboxylic acids is 1. The Hall–Kier alpha value is -2.15. The molecule has 33 heavy (non-hydrogen) atoms. The van der Waals surface area contributed by atoms with Crippen molar-refractivity contribution in [1.82, 2.24) is 24.4 Å². The molecule has 14 heteroatoms. The van der Waals surface area contributed by atoms with Crippen LogP contribution in [0.5, 0.6) is 0 Å². The number of alkyl halides is 3. The van der Waals surface area contributed by atoms with Gasteiger partial charge in [-0.15, -0.1) is 0 Å². The van der Waals surface area contributed by atoms with Gasteiger partial charge in [0.15, 0.2) is 17.2 Å². The van der Waals surface area contributed by atoms with E-state index in [1.807, 2.05) is 0 Å². The molecule has 0 aliphatic carbocycles. The van der Waals surface area contributed by atoms with Crippen LogP contribution in [0.1, 0.15) is 27.4 Å². The van der Waals surface area contributed by atoms with Gasteiger partial charge in [-0.05, 0) is 62.5 Å². The first kappa shape index (κ1) is 24.0. The predicted molar refractivity (Wildman–Crippen MR) is 124 cm³/mol. The summed E-state index contributed by atoms with van der Waals surface area (Å²) in [5, 5.41) is 11.5. The Bertz CT molecular complexity index is 1400. The van der Waals surface area contributed by atoms with Crippen LogP contribution in [0, 0.1) is 6.92 Å². The number of aryl methyl sites for hydroxylation is 1. The average Bonchev–Trinajstić information content (AvgIpc) is 3.23. The summed E-state index contributed by atoms with van der Waals surface area (Å²) >= 11 is 18.4. The maximum absolute atomic E-state index is 13.4. The third-order valence-corrected chi connectivity index (χ3v) is 6.49. The van der Waals surface area contributed by atoms with Gasteiger partial charge in [0.1, 0.15) is 5.69 Å². The van der Waals surface area contributed by atoms with Gasteiger partial charge in [0, 0.05) is 11.9 Å². The Morgan fingerprint density at radius 3 is 2.55 bits per heavy atom. The van der Waals surface area contributed by atoms with Crippen molar-refractivity contribution in [1.29, 1.82) is 0 Å². The van der Waals surface area contributed by atoms with Gasteiger partial charge in [-0.25, -0.2) is 9.50 Å². The molecule has 0 saturated carbocycles. The van der Waals surface area contributed by atoms with Crippen LogP contribution in [0.15, 0.2) is 39.4 Å². The van der Waals surface area contributed by atoms with E-state index < -0.39 is 17.8 Å². The van der Waals surface area contributed by atoms with E-state index in [-0.39, 0.29) is 27.3 Å². The van der Waals surface area contributed by atoms with Gasteiger partial charge in [0.05, 0.1) is 25.5 Å². The highest BCUT2D eigenvalue weighted by Crippen LogP contribution is 2.33. The summed E-state index contributed by atoms with van der Waals surface area (Å²) in [6.07, 6.45) is -3.05. The number of hydrogen-bond donors (Lipinski definition) is 1. The van der Waals surface area contributed by atoms with Crippen LogP contribution >= 0.6 is 55.1 Å². The molecule has 3 aromatic heterocycles. The molecule has 1 N–H and O–H groups in total. The third-order valence-electron chi connectivity index (χ3n) is 4.44. The minimum Gasteiger partial charge on any atom is -0.303 e. The van der Waals surface area contributed by atoms with E-state index >= 15 is 0 Å². The van der Waals surface area contributed by atoms with Crippen molar-refractivity contribution in [3.63, 3.8) is 0 Å². The number of hydrogen-bond acceptors (Lipinski definition) is 4. The van der Waals surface area contributed by atoms with Crippen LogP contribution in [0.3, 0.4) is 0 Å². The fourth-order valence-electron chi connectivity index (χ4n) is 3.01. The highest BCUT2D eigenvalue weighted by atomic mass is 79.9. The van der Waals surface area contributed by atoms with E-state index in [0.717, 1.165) is 11.6 Å². The first-order valence-corrected chi connectivity index (χ1v) is 11.4. The molecular formula is C19H11Br2Cl2F3N6O. The monoisotopic (exact) mass is 624 g/mol. The molecule has 0 bridgehead atoms. The van der Waals surface area contributed by atoms with E-state index in [9.17, 15) is 18.0 Å². The molecule has 0 atom stereocenters. The SMILES string of the molecule is Cc1cc(C(F)(F)F)n2nc(C(=O)Nc3nn(Cc4ccc(Cl)c(Cl)c4)cc3Br)c(Br)c2n1. The van der Waals surface area contributed by atoms with Gasteiger partial charge in [-0.1, -0.05) is 29.3 Å². The Morgan fingerprint density at radius 2 is 1.88 bits per heavy atom. The quantitative estimate of drug-likeness (QED) is 0.285. The number of benzene rings is 1. The van der Waals surface area contributed by atoms with Gasteiger partial charge < -0.3 is 5.32 Å². The molecule has 0 fully saturated rings. The number of nitrogens with one attached hydrogen (secondary N) is 1. The molecule has 0 spiro atoms. The molecule has 172 valence electrons. The largest absolute Gasteiger partial charge is 0.433 e. The van der Waals surface area contributed by atoms with Gasteiger partial charge in [0.2, 0.25) is 0 Å². The van der Waals surface area contributed by atoms with Gasteiger partial charge in [0.25, 0.3) is 5.91 Å². The van der Waals surface area contributed by atoms with Gasteiger partial charge >= 0.3 is 6.18 Å². The summed E-state index contributed by atoms with van der Waals surface area (Å²) in [6, 6.07) is 5.99. The number of carbonyl (C=O) groups is 1. The lowest BCUT2D eigenvalue weighted by Crippen LogP contribution is -2.16. The number of anilines is 1. The topological polar surface area (TPSA) is 77.1 Å². The number of halogens is 7. The minimum absolute atomic E-state index is 0.0283. The van der Waals surface area contributed by atoms with Crippen molar-refractivity contribution < 1.29 is 18.0 Å². The molecule has 1 amide bonds. The molecular weight excluding hydrogens is 616 g/mol. The second-order valence-corrected chi connectivity index (χ2v) is 9.37. The lowest BCUT2D eigenvalue weighted by Gasteiger charge is -2.09. The van der Waals surface area contributed by atoms with E-state index in [2.05, 4.69) is 52.4 Å². The third kappa shape index (κ3) is 4.88. The van der Waals surface area contributed by atoms with Crippen molar-refractivity contribution in [2.75, 3.05) is 5.32 Å². The predicted octanol–water partition coefficient (Wildman–Crippen LogP) is 6.39. The van der Waals surface area contributed by atoms with Crippen LogP contribution in [0.25, 0.3) is 5.65 Å². The zero-order chi connectivity index (χ0) is 24.1. The number of aromatic nitrogens is 5. The minimum atomic E-state index is -4.68. The number of rotatable bonds is 4. The molecule has 7 nitrogen and oxygen atoms in total. The van der Waals surface area contributed by atoms with Crippen molar-refractivity contribution >= 4 is 72.4 Å². The van der Waals surface area contributed by atoms with E-state index in [1.54, 1.807) is 29.1 Å².